The smallest absolute Gasteiger partial charge is 0.227 e. The highest BCUT2D eigenvalue weighted by Gasteiger charge is 2.43. The van der Waals surface area contributed by atoms with Gasteiger partial charge in [0.05, 0.1) is 19.6 Å². The number of hydrogen-bond donors (Lipinski definition) is 0. The lowest BCUT2D eigenvalue weighted by Gasteiger charge is -2.32. The number of amides is 1. The Hall–Kier alpha value is -3.49. The van der Waals surface area contributed by atoms with Gasteiger partial charge in [-0.15, -0.1) is 0 Å². The van der Waals surface area contributed by atoms with Crippen molar-refractivity contribution >= 4 is 11.9 Å². The summed E-state index contributed by atoms with van der Waals surface area (Å²) in [4.78, 5) is 30.6. The molecule has 4 heterocycles. The number of hydrogen-bond acceptors (Lipinski definition) is 7. The fourth-order valence-corrected chi connectivity index (χ4v) is 6.56. The number of anilines is 1. The van der Waals surface area contributed by atoms with Crippen molar-refractivity contribution in [1.29, 1.82) is 0 Å². The first kappa shape index (κ1) is 26.4. The molecule has 2 aliphatic carbocycles. The molecule has 2 aromatic heterocycles. The number of nitrogens with zero attached hydrogens (tertiary/aromatic N) is 5. The number of carbonyl (C=O) groups excluding carboxylic acids is 1. The number of oxazole rings is 1. The molecule has 0 N–H and O–H groups in total. The summed E-state index contributed by atoms with van der Waals surface area (Å²) >= 11 is 0. The first-order valence-corrected chi connectivity index (χ1v) is 15.2. The average molecular weight is 560 g/mol. The van der Waals surface area contributed by atoms with Gasteiger partial charge in [-0.2, -0.15) is 0 Å². The minimum absolute atomic E-state index is 0.0351. The van der Waals surface area contributed by atoms with Crippen molar-refractivity contribution in [3.8, 4) is 5.75 Å². The normalized spacial score (nSPS) is 22.5. The number of piperidine rings is 1. The molecule has 4 aliphatic rings. The minimum atomic E-state index is -0.389. The molecule has 0 bridgehead atoms. The van der Waals surface area contributed by atoms with Crippen LogP contribution in [0.1, 0.15) is 72.9 Å². The van der Waals surface area contributed by atoms with Crippen LogP contribution >= 0.6 is 0 Å². The molecule has 0 radical (unpaired) electrons. The zero-order chi connectivity index (χ0) is 27.9. The number of fused-ring (bicyclic) bond motifs is 1. The van der Waals surface area contributed by atoms with Crippen LogP contribution in [0.15, 0.2) is 35.0 Å². The largest absolute Gasteiger partial charge is 0.493 e. The van der Waals surface area contributed by atoms with E-state index in [9.17, 15) is 9.18 Å². The average Bonchev–Trinajstić information content (AvgIpc) is 3.92. The van der Waals surface area contributed by atoms with Gasteiger partial charge < -0.3 is 19.0 Å². The Labute approximate surface area is 240 Å². The molecule has 0 unspecified atom stereocenters. The third-order valence-electron chi connectivity index (χ3n) is 9.32. The molecular formula is C32H38FN5O3. The van der Waals surface area contributed by atoms with E-state index in [1.54, 1.807) is 17.0 Å². The van der Waals surface area contributed by atoms with E-state index in [-0.39, 0.29) is 18.1 Å². The number of ether oxygens (including phenoxy) is 1. The number of halogens is 1. The Morgan fingerprint density at radius 1 is 1.12 bits per heavy atom. The quantitative estimate of drug-likeness (QED) is 0.355. The monoisotopic (exact) mass is 559 g/mol. The Kier molecular flexibility index (Phi) is 7.13. The maximum absolute atomic E-state index is 14.9. The highest BCUT2D eigenvalue weighted by atomic mass is 19.1. The lowest BCUT2D eigenvalue weighted by atomic mass is 9.90. The van der Waals surface area contributed by atoms with Crippen LogP contribution in [-0.2, 0) is 24.2 Å². The lowest BCUT2D eigenvalue weighted by molar-refractivity contribution is -0.131. The molecule has 2 saturated carbocycles. The lowest BCUT2D eigenvalue weighted by Crippen LogP contribution is -2.36. The molecule has 9 heteroatoms. The summed E-state index contributed by atoms with van der Waals surface area (Å²) in [5.41, 5.74) is 2.34. The number of carbonyl (C=O) groups is 1. The SMILES string of the molecule is Cc1cnc(N2CCC([C@H]3C[C@H]3CCOc3ccc(CC(=O)N4CCc5oc(C6CC6)nc5C4)c(F)c3)CC2)nc1. The topological polar surface area (TPSA) is 84.6 Å². The molecule has 2 aliphatic heterocycles. The van der Waals surface area contributed by atoms with Gasteiger partial charge in [0, 0.05) is 50.4 Å². The van der Waals surface area contributed by atoms with E-state index in [1.807, 2.05) is 19.3 Å². The van der Waals surface area contributed by atoms with Crippen LogP contribution in [0.4, 0.5) is 10.3 Å². The first-order chi connectivity index (χ1) is 20.0. The first-order valence-electron chi connectivity index (χ1n) is 15.2. The zero-order valence-electron chi connectivity index (χ0n) is 23.7. The van der Waals surface area contributed by atoms with Crippen molar-refractivity contribution in [2.45, 2.75) is 70.8 Å². The molecule has 0 spiro atoms. The van der Waals surface area contributed by atoms with Crippen LogP contribution in [-0.4, -0.2) is 52.0 Å². The second-order valence-corrected chi connectivity index (χ2v) is 12.4. The van der Waals surface area contributed by atoms with Crippen molar-refractivity contribution in [3.05, 3.63) is 64.9 Å². The van der Waals surface area contributed by atoms with Crippen molar-refractivity contribution < 1.29 is 18.3 Å². The summed E-state index contributed by atoms with van der Waals surface area (Å²) in [5.74, 6) is 5.29. The Balaban J connectivity index is 0.840. The predicted octanol–water partition coefficient (Wildman–Crippen LogP) is 5.24. The molecule has 8 nitrogen and oxygen atoms in total. The summed E-state index contributed by atoms with van der Waals surface area (Å²) in [6.45, 7) is 5.65. The van der Waals surface area contributed by atoms with Gasteiger partial charge in [-0.25, -0.2) is 19.3 Å². The van der Waals surface area contributed by atoms with E-state index < -0.39 is 0 Å². The van der Waals surface area contributed by atoms with Crippen molar-refractivity contribution in [2.75, 3.05) is 31.1 Å². The van der Waals surface area contributed by atoms with Gasteiger partial charge in [-0.3, -0.25) is 4.79 Å². The molecular weight excluding hydrogens is 521 g/mol. The highest BCUT2D eigenvalue weighted by Crippen LogP contribution is 2.50. The molecule has 1 amide bonds. The van der Waals surface area contributed by atoms with Crippen LogP contribution in [0.25, 0.3) is 0 Å². The van der Waals surface area contributed by atoms with Gasteiger partial charge >= 0.3 is 0 Å². The van der Waals surface area contributed by atoms with Gasteiger partial charge in [-0.1, -0.05) is 6.07 Å². The van der Waals surface area contributed by atoms with Crippen LogP contribution in [0, 0.1) is 30.5 Å². The minimum Gasteiger partial charge on any atom is -0.493 e. The van der Waals surface area contributed by atoms with Gasteiger partial charge in [0.25, 0.3) is 0 Å². The molecule has 3 aromatic rings. The number of rotatable bonds is 9. The molecule has 7 rings (SSSR count). The number of aryl methyl sites for hydroxylation is 1. The van der Waals surface area contributed by atoms with Gasteiger partial charge in [0.2, 0.25) is 11.9 Å². The number of benzene rings is 1. The highest BCUT2D eigenvalue weighted by molar-refractivity contribution is 5.79. The van der Waals surface area contributed by atoms with Gasteiger partial charge in [0.1, 0.15) is 23.0 Å². The summed E-state index contributed by atoms with van der Waals surface area (Å²) < 4.78 is 26.7. The third-order valence-corrected chi connectivity index (χ3v) is 9.32. The molecule has 41 heavy (non-hydrogen) atoms. The Bertz CT molecular complexity index is 1400. The van der Waals surface area contributed by atoms with E-state index in [0.717, 1.165) is 73.0 Å². The maximum Gasteiger partial charge on any atom is 0.227 e. The maximum atomic E-state index is 14.9. The fourth-order valence-electron chi connectivity index (χ4n) is 6.56. The summed E-state index contributed by atoms with van der Waals surface area (Å²) in [6, 6.07) is 4.89. The molecule has 1 saturated heterocycles. The van der Waals surface area contributed by atoms with Crippen molar-refractivity contribution in [3.63, 3.8) is 0 Å². The van der Waals surface area contributed by atoms with Crippen molar-refractivity contribution in [1.82, 2.24) is 19.9 Å². The van der Waals surface area contributed by atoms with Crippen LogP contribution in [0.3, 0.4) is 0 Å². The van der Waals surface area contributed by atoms with E-state index >= 15 is 0 Å². The second kappa shape index (κ2) is 11.1. The zero-order valence-corrected chi connectivity index (χ0v) is 23.7. The summed E-state index contributed by atoms with van der Waals surface area (Å²) in [5, 5.41) is 0. The van der Waals surface area contributed by atoms with Crippen LogP contribution in [0.5, 0.6) is 5.75 Å². The standard InChI is InChI=1S/C32H38FN5O3/c1-20-17-34-32(35-18-20)37-10-6-21(7-11-37)26-14-23(26)9-13-40-25-5-4-24(27(33)16-25)15-30(39)38-12-8-29-28(19-38)36-31(41-29)22-2-3-22/h4-5,16-18,21-23,26H,2-3,6-15,19H2,1H3/t23-,26-/m1/s1. The van der Waals surface area contributed by atoms with E-state index in [2.05, 4.69) is 19.9 Å². The second-order valence-electron chi connectivity index (χ2n) is 12.4. The van der Waals surface area contributed by atoms with Gasteiger partial charge in [-0.05, 0) is 80.4 Å². The molecule has 1 aromatic carbocycles. The number of aromatic nitrogens is 3. The van der Waals surface area contributed by atoms with Crippen molar-refractivity contribution in [2.24, 2.45) is 17.8 Å². The Morgan fingerprint density at radius 2 is 1.93 bits per heavy atom. The van der Waals surface area contributed by atoms with E-state index in [1.165, 1.54) is 25.3 Å². The van der Waals surface area contributed by atoms with Crippen LogP contribution in [0.2, 0.25) is 0 Å². The molecule has 3 fully saturated rings. The third kappa shape index (κ3) is 5.95. The fraction of sp³-hybridized carbons (Fsp3) is 0.562. The van der Waals surface area contributed by atoms with Crippen LogP contribution < -0.4 is 9.64 Å². The summed E-state index contributed by atoms with van der Waals surface area (Å²) in [7, 11) is 0. The summed E-state index contributed by atoms with van der Waals surface area (Å²) in [6.07, 6.45) is 11.4. The molecule has 216 valence electrons. The van der Waals surface area contributed by atoms with E-state index in [0.29, 0.717) is 49.3 Å². The predicted molar refractivity (Wildman–Crippen MR) is 151 cm³/mol. The van der Waals surface area contributed by atoms with E-state index in [4.69, 9.17) is 9.15 Å². The molecule has 2 atom stereocenters. The van der Waals surface area contributed by atoms with Gasteiger partial charge in [0.15, 0.2) is 5.89 Å². The Morgan fingerprint density at radius 3 is 2.68 bits per heavy atom.